The van der Waals surface area contributed by atoms with Crippen LogP contribution in [-0.4, -0.2) is 19.0 Å². The normalized spacial score (nSPS) is 27.5. The third-order valence-corrected chi connectivity index (χ3v) is 3.47. The molecule has 1 aromatic rings. The second-order valence-corrected chi connectivity index (χ2v) is 4.60. The summed E-state index contributed by atoms with van der Waals surface area (Å²) in [7, 11) is 0. The molecule has 0 aromatic carbocycles. The Hall–Kier alpha value is -0.670. The van der Waals surface area contributed by atoms with Crippen molar-refractivity contribution >= 4 is 17.1 Å². The van der Waals surface area contributed by atoms with E-state index < -0.39 is 0 Å². The lowest BCUT2D eigenvalue weighted by atomic mass is 9.84. The summed E-state index contributed by atoms with van der Waals surface area (Å²) in [4.78, 5) is 12.0. The highest BCUT2D eigenvalue weighted by molar-refractivity contribution is 7.08. The van der Waals surface area contributed by atoms with Crippen molar-refractivity contribution in [1.82, 2.24) is 0 Å². The van der Waals surface area contributed by atoms with Crippen LogP contribution in [0.1, 0.15) is 23.7 Å². The third-order valence-electron chi connectivity index (χ3n) is 2.78. The monoisotopic (exact) mass is 210 g/mol. The first-order chi connectivity index (χ1) is 6.79. The van der Waals surface area contributed by atoms with Gasteiger partial charge in [0, 0.05) is 30.1 Å². The van der Waals surface area contributed by atoms with Gasteiger partial charge in [0.25, 0.3) is 0 Å². The van der Waals surface area contributed by atoms with Gasteiger partial charge in [0.05, 0.1) is 0 Å². The summed E-state index contributed by atoms with van der Waals surface area (Å²) in [5.41, 5.74) is 0.869. The van der Waals surface area contributed by atoms with Crippen LogP contribution in [0.2, 0.25) is 0 Å². The highest BCUT2D eigenvalue weighted by atomic mass is 32.1. The molecule has 2 nitrogen and oxygen atoms in total. The lowest BCUT2D eigenvalue weighted by Gasteiger charge is -2.27. The van der Waals surface area contributed by atoms with Crippen LogP contribution >= 0.6 is 11.3 Å². The molecule has 1 aliphatic heterocycles. The van der Waals surface area contributed by atoms with Crippen LogP contribution in [0.15, 0.2) is 16.8 Å². The SMILES string of the molecule is CC1COCCC1C(=O)c1ccsc1. The van der Waals surface area contributed by atoms with Crippen LogP contribution in [-0.2, 0) is 4.74 Å². The first-order valence-corrected chi connectivity index (χ1v) is 5.87. The van der Waals surface area contributed by atoms with Crippen LogP contribution in [0.25, 0.3) is 0 Å². The van der Waals surface area contributed by atoms with Crippen LogP contribution in [0.4, 0.5) is 0 Å². The predicted molar refractivity (Wildman–Crippen MR) is 56.7 cm³/mol. The summed E-state index contributed by atoms with van der Waals surface area (Å²) >= 11 is 1.58. The molecule has 1 aliphatic rings. The molecule has 2 unspecified atom stereocenters. The van der Waals surface area contributed by atoms with Gasteiger partial charge in [-0.2, -0.15) is 11.3 Å². The number of rotatable bonds is 2. The molecule has 2 rings (SSSR count). The molecule has 0 radical (unpaired) electrons. The molecule has 2 heterocycles. The third kappa shape index (κ3) is 1.88. The second kappa shape index (κ2) is 4.24. The van der Waals surface area contributed by atoms with Gasteiger partial charge in [0.15, 0.2) is 5.78 Å². The summed E-state index contributed by atoms with van der Waals surface area (Å²) in [6.45, 7) is 3.54. The molecule has 3 heteroatoms. The average Bonchev–Trinajstić information content (AvgIpc) is 2.70. The zero-order valence-electron chi connectivity index (χ0n) is 8.23. The van der Waals surface area contributed by atoms with E-state index in [0.29, 0.717) is 11.7 Å². The highest BCUT2D eigenvalue weighted by Gasteiger charge is 2.28. The molecular weight excluding hydrogens is 196 g/mol. The summed E-state index contributed by atoms with van der Waals surface area (Å²) in [6.07, 6.45) is 0.871. The van der Waals surface area contributed by atoms with E-state index in [0.717, 1.165) is 25.2 Å². The Labute approximate surface area is 87.9 Å². The average molecular weight is 210 g/mol. The van der Waals surface area contributed by atoms with E-state index >= 15 is 0 Å². The fraction of sp³-hybridized carbons (Fsp3) is 0.545. The molecule has 0 aliphatic carbocycles. The maximum atomic E-state index is 12.0. The van der Waals surface area contributed by atoms with Crippen molar-refractivity contribution in [2.75, 3.05) is 13.2 Å². The number of ether oxygens (including phenoxy) is 1. The molecule has 76 valence electrons. The number of hydrogen-bond acceptors (Lipinski definition) is 3. The Morgan fingerprint density at radius 2 is 2.50 bits per heavy atom. The van der Waals surface area contributed by atoms with Crippen LogP contribution in [0.5, 0.6) is 0 Å². The van der Waals surface area contributed by atoms with E-state index in [2.05, 4.69) is 6.92 Å². The van der Waals surface area contributed by atoms with Gasteiger partial charge in [-0.25, -0.2) is 0 Å². The molecule has 14 heavy (non-hydrogen) atoms. The number of thiophene rings is 1. The lowest BCUT2D eigenvalue weighted by molar-refractivity contribution is 0.0241. The van der Waals surface area contributed by atoms with Gasteiger partial charge in [-0.1, -0.05) is 6.92 Å². The Morgan fingerprint density at radius 1 is 1.64 bits per heavy atom. The molecule has 0 saturated carbocycles. The molecule has 0 spiro atoms. The molecule has 1 aromatic heterocycles. The molecule has 2 atom stereocenters. The minimum absolute atomic E-state index is 0.165. The van der Waals surface area contributed by atoms with Gasteiger partial charge in [-0.05, 0) is 23.8 Å². The van der Waals surface area contributed by atoms with E-state index in [1.54, 1.807) is 11.3 Å². The molecule has 1 saturated heterocycles. The molecule has 0 amide bonds. The van der Waals surface area contributed by atoms with Crippen molar-refractivity contribution < 1.29 is 9.53 Å². The van der Waals surface area contributed by atoms with Crippen molar-refractivity contribution in [2.45, 2.75) is 13.3 Å². The van der Waals surface area contributed by atoms with E-state index in [1.165, 1.54) is 0 Å². The Kier molecular flexibility index (Phi) is 2.99. The maximum absolute atomic E-state index is 12.0. The van der Waals surface area contributed by atoms with Gasteiger partial charge in [-0.15, -0.1) is 0 Å². The number of ketones is 1. The van der Waals surface area contributed by atoms with Gasteiger partial charge < -0.3 is 4.74 Å². The number of carbonyl (C=O) groups excluding carboxylic acids is 1. The zero-order chi connectivity index (χ0) is 9.97. The van der Waals surface area contributed by atoms with Gasteiger partial charge in [0.2, 0.25) is 0 Å². The van der Waals surface area contributed by atoms with Gasteiger partial charge in [-0.3, -0.25) is 4.79 Å². The number of Topliss-reactive ketones (excluding diaryl/α,β-unsaturated/α-hetero) is 1. The van der Waals surface area contributed by atoms with Crippen LogP contribution in [0, 0.1) is 11.8 Å². The van der Waals surface area contributed by atoms with E-state index in [9.17, 15) is 4.79 Å². The minimum atomic E-state index is 0.165. The molecular formula is C11H14O2S. The first-order valence-electron chi connectivity index (χ1n) is 4.93. The van der Waals surface area contributed by atoms with Gasteiger partial charge >= 0.3 is 0 Å². The summed E-state index contributed by atoms with van der Waals surface area (Å²) in [6, 6.07) is 1.91. The number of carbonyl (C=O) groups is 1. The van der Waals surface area contributed by atoms with Crippen molar-refractivity contribution in [3.63, 3.8) is 0 Å². The molecule has 0 bridgehead atoms. The van der Waals surface area contributed by atoms with Crippen molar-refractivity contribution in [3.8, 4) is 0 Å². The topological polar surface area (TPSA) is 26.3 Å². The van der Waals surface area contributed by atoms with E-state index in [4.69, 9.17) is 4.74 Å². The maximum Gasteiger partial charge on any atom is 0.167 e. The number of hydrogen-bond donors (Lipinski definition) is 0. The predicted octanol–water partition coefficient (Wildman–Crippen LogP) is 2.60. The van der Waals surface area contributed by atoms with Crippen LogP contribution in [0.3, 0.4) is 0 Å². The smallest absolute Gasteiger partial charge is 0.167 e. The largest absolute Gasteiger partial charge is 0.381 e. The highest BCUT2D eigenvalue weighted by Crippen LogP contribution is 2.25. The molecule has 0 N–H and O–H groups in total. The van der Waals surface area contributed by atoms with E-state index in [-0.39, 0.29) is 5.92 Å². The quantitative estimate of drug-likeness (QED) is 0.701. The summed E-state index contributed by atoms with van der Waals surface area (Å²) in [5.74, 6) is 0.816. The van der Waals surface area contributed by atoms with Crippen molar-refractivity contribution in [2.24, 2.45) is 11.8 Å². The van der Waals surface area contributed by atoms with Gasteiger partial charge in [0.1, 0.15) is 0 Å². The minimum Gasteiger partial charge on any atom is -0.381 e. The summed E-state index contributed by atoms with van der Waals surface area (Å²) < 4.78 is 5.33. The summed E-state index contributed by atoms with van der Waals surface area (Å²) in [5, 5.41) is 3.89. The Bertz CT molecular complexity index is 305. The first kappa shape index (κ1) is 9.87. The molecule has 1 fully saturated rings. The standard InChI is InChI=1S/C11H14O2S/c1-8-6-13-4-2-10(8)11(12)9-3-5-14-7-9/h3,5,7-8,10H,2,4,6H2,1H3. The fourth-order valence-electron chi connectivity index (χ4n) is 1.89. The van der Waals surface area contributed by atoms with Crippen molar-refractivity contribution in [1.29, 1.82) is 0 Å². The lowest BCUT2D eigenvalue weighted by Crippen LogP contribution is -2.31. The van der Waals surface area contributed by atoms with Crippen LogP contribution < -0.4 is 0 Å². The Balaban J connectivity index is 2.10. The van der Waals surface area contributed by atoms with E-state index in [1.807, 2.05) is 16.8 Å². The van der Waals surface area contributed by atoms with Crippen molar-refractivity contribution in [3.05, 3.63) is 22.4 Å². The zero-order valence-corrected chi connectivity index (χ0v) is 9.05. The second-order valence-electron chi connectivity index (χ2n) is 3.82. The fourth-order valence-corrected chi connectivity index (χ4v) is 2.53. The Morgan fingerprint density at radius 3 is 3.14 bits per heavy atom.